The molecule has 0 aromatic rings. The van der Waals surface area contributed by atoms with Crippen LogP contribution in [0.15, 0.2) is 0 Å². The third kappa shape index (κ3) is 6.50. The van der Waals surface area contributed by atoms with Gasteiger partial charge >= 0.3 is 16.5 Å². The first-order valence-electron chi connectivity index (χ1n) is 4.41. The van der Waals surface area contributed by atoms with Crippen LogP contribution in [0.1, 0.15) is 0 Å². The van der Waals surface area contributed by atoms with Gasteiger partial charge in [-0.2, -0.15) is 0 Å². The summed E-state index contributed by atoms with van der Waals surface area (Å²) in [5.41, 5.74) is 0. The summed E-state index contributed by atoms with van der Waals surface area (Å²) in [6.07, 6.45) is -5.76. The van der Waals surface area contributed by atoms with Crippen LogP contribution in [0, 0.1) is 0 Å². The van der Waals surface area contributed by atoms with Crippen LogP contribution in [0.4, 0.5) is 0 Å². The standard InChI is InChI=1S/C6H10O10P2/c7-1-3(8)5(10)6(16-18(13)14)4(9)2-15-17(11)12/h3,5-8,10H,1-2H2/p+2/t3-,5-,6-/m1/s1. The largest absolute Gasteiger partial charge is 0.695 e. The average Bonchev–Trinajstić information content (AvgIpc) is 2.30. The lowest BCUT2D eigenvalue weighted by Crippen LogP contribution is -2.45. The van der Waals surface area contributed by atoms with Crippen molar-refractivity contribution < 1.29 is 48.1 Å². The molecule has 0 amide bonds. The third-order valence-corrected chi connectivity index (χ3v) is 2.49. The fourth-order valence-corrected chi connectivity index (χ4v) is 1.59. The van der Waals surface area contributed by atoms with E-state index in [1.165, 1.54) is 0 Å². The molecule has 104 valence electrons. The van der Waals surface area contributed by atoms with Crippen molar-refractivity contribution in [1.82, 2.24) is 0 Å². The molecular formula is C6H12O10P2+2. The fraction of sp³-hybridized carbons (Fsp3) is 0.833. The summed E-state index contributed by atoms with van der Waals surface area (Å²) in [5.74, 6) is -1.15. The molecule has 0 rings (SSSR count). The highest BCUT2D eigenvalue weighted by Crippen LogP contribution is 2.23. The van der Waals surface area contributed by atoms with Gasteiger partial charge in [0, 0.05) is 9.13 Å². The quantitative estimate of drug-likeness (QED) is 0.299. The number of rotatable bonds is 9. The van der Waals surface area contributed by atoms with Gasteiger partial charge in [0.15, 0.2) is 12.4 Å². The van der Waals surface area contributed by atoms with Crippen molar-refractivity contribution in [1.29, 1.82) is 0 Å². The number of carbonyl (C=O) groups excluding carboxylic acids is 1. The van der Waals surface area contributed by atoms with Gasteiger partial charge in [0.05, 0.1) is 6.61 Å². The molecule has 0 radical (unpaired) electrons. The Hall–Kier alpha value is -0.410. The first-order chi connectivity index (χ1) is 8.29. The van der Waals surface area contributed by atoms with E-state index in [4.69, 9.17) is 20.0 Å². The fourth-order valence-electron chi connectivity index (χ4n) is 0.919. The van der Waals surface area contributed by atoms with E-state index in [1.54, 1.807) is 0 Å². The number of hydrogen-bond donors (Lipinski definition) is 5. The van der Waals surface area contributed by atoms with Crippen LogP contribution >= 0.6 is 16.5 Å². The third-order valence-electron chi connectivity index (χ3n) is 1.73. The summed E-state index contributed by atoms with van der Waals surface area (Å²) in [5, 5.41) is 27.0. The minimum absolute atomic E-state index is 0.925. The smallest absolute Gasteiger partial charge is 0.394 e. The lowest BCUT2D eigenvalue weighted by molar-refractivity contribution is -0.139. The minimum atomic E-state index is -3.28. The van der Waals surface area contributed by atoms with E-state index < -0.39 is 53.8 Å². The number of hydrogen-bond acceptors (Lipinski definition) is 8. The maximum Gasteiger partial charge on any atom is 0.695 e. The molecule has 0 heterocycles. The van der Waals surface area contributed by atoms with Crippen LogP contribution in [0.25, 0.3) is 0 Å². The Morgan fingerprint density at radius 2 is 1.72 bits per heavy atom. The molecule has 0 aliphatic carbocycles. The second kappa shape index (κ2) is 8.65. The molecule has 10 nitrogen and oxygen atoms in total. The Balaban J connectivity index is 4.70. The highest BCUT2D eigenvalue weighted by atomic mass is 31.1. The first-order valence-corrected chi connectivity index (χ1v) is 6.67. The lowest BCUT2D eigenvalue weighted by Gasteiger charge is -2.19. The van der Waals surface area contributed by atoms with Gasteiger partial charge < -0.3 is 15.3 Å². The molecule has 0 aliphatic rings. The normalized spacial score (nSPS) is 17.8. The second-order valence-electron chi connectivity index (χ2n) is 2.98. The maximum atomic E-state index is 11.4. The van der Waals surface area contributed by atoms with Gasteiger partial charge in [-0.15, -0.1) is 18.8 Å². The molecule has 12 heteroatoms. The van der Waals surface area contributed by atoms with E-state index in [0.29, 0.717) is 0 Å². The first kappa shape index (κ1) is 17.6. The number of aliphatic hydroxyl groups is 3. The molecule has 0 fully saturated rings. The van der Waals surface area contributed by atoms with E-state index in [-0.39, 0.29) is 0 Å². The van der Waals surface area contributed by atoms with Crippen LogP contribution in [0.3, 0.4) is 0 Å². The van der Waals surface area contributed by atoms with Crippen molar-refractivity contribution in [3.05, 3.63) is 0 Å². The molecule has 0 saturated heterocycles. The molecule has 0 aromatic carbocycles. The Labute approximate surface area is 103 Å². The Morgan fingerprint density at radius 1 is 1.17 bits per heavy atom. The predicted octanol–water partition coefficient (Wildman–Crippen LogP) is -2.03. The molecule has 5 N–H and O–H groups in total. The Bertz CT molecular complexity index is 319. The summed E-state index contributed by atoms with van der Waals surface area (Å²) < 4.78 is 28.8. The zero-order valence-corrected chi connectivity index (χ0v) is 10.6. The van der Waals surface area contributed by atoms with Gasteiger partial charge in [0.2, 0.25) is 6.10 Å². The second-order valence-corrected chi connectivity index (χ2v) is 4.40. The van der Waals surface area contributed by atoms with Gasteiger partial charge in [0.25, 0.3) is 0 Å². The van der Waals surface area contributed by atoms with Gasteiger partial charge in [-0.1, -0.05) is 0 Å². The molecule has 18 heavy (non-hydrogen) atoms. The van der Waals surface area contributed by atoms with E-state index in [1.807, 2.05) is 0 Å². The SMILES string of the molecule is O=C(CO[P+](=O)O)[C@@H](O[P+](=O)O)[C@H](O)[C@H](O)CO. The van der Waals surface area contributed by atoms with Gasteiger partial charge in [-0.3, -0.25) is 4.79 Å². The van der Waals surface area contributed by atoms with Crippen molar-refractivity contribution in [3.8, 4) is 0 Å². The predicted molar refractivity (Wildman–Crippen MR) is 54.6 cm³/mol. The van der Waals surface area contributed by atoms with Crippen molar-refractivity contribution in [3.63, 3.8) is 0 Å². The van der Waals surface area contributed by atoms with Gasteiger partial charge in [0.1, 0.15) is 12.2 Å². The number of carbonyl (C=O) groups is 1. The zero-order chi connectivity index (χ0) is 14.3. The van der Waals surface area contributed by atoms with Gasteiger partial charge in [-0.25, -0.2) is 0 Å². The maximum absolute atomic E-state index is 11.4. The number of aliphatic hydroxyl groups excluding tert-OH is 3. The molecule has 0 spiro atoms. The lowest BCUT2D eigenvalue weighted by atomic mass is 10.1. The number of ketones is 1. The zero-order valence-electron chi connectivity index (χ0n) is 8.82. The highest BCUT2D eigenvalue weighted by Gasteiger charge is 2.40. The van der Waals surface area contributed by atoms with Crippen LogP contribution in [0.2, 0.25) is 0 Å². The monoisotopic (exact) mass is 306 g/mol. The van der Waals surface area contributed by atoms with Crippen molar-refractivity contribution >= 4 is 22.3 Å². The summed E-state index contributed by atoms with van der Waals surface area (Å²) in [7, 11) is -6.35. The summed E-state index contributed by atoms with van der Waals surface area (Å²) in [6, 6.07) is 0. The van der Waals surface area contributed by atoms with E-state index in [9.17, 15) is 19.0 Å². The highest BCUT2D eigenvalue weighted by molar-refractivity contribution is 7.32. The molecule has 0 aromatic heterocycles. The molecule has 2 unspecified atom stereocenters. The summed E-state index contributed by atoms with van der Waals surface area (Å²) >= 11 is 0. The van der Waals surface area contributed by atoms with Gasteiger partial charge in [-0.05, 0) is 0 Å². The Morgan fingerprint density at radius 3 is 2.11 bits per heavy atom. The summed E-state index contributed by atoms with van der Waals surface area (Å²) in [4.78, 5) is 28.1. The average molecular weight is 306 g/mol. The molecular weight excluding hydrogens is 294 g/mol. The van der Waals surface area contributed by atoms with Crippen LogP contribution in [-0.4, -0.2) is 62.4 Å². The molecule has 0 bridgehead atoms. The number of Topliss-reactive ketones (excluding diaryl/α,β-unsaturated/α-hetero) is 1. The topological polar surface area (TPSA) is 171 Å². The minimum Gasteiger partial charge on any atom is -0.394 e. The molecule has 0 aliphatic heterocycles. The summed E-state index contributed by atoms with van der Waals surface area (Å²) in [6.45, 7) is -1.90. The van der Waals surface area contributed by atoms with Crippen LogP contribution < -0.4 is 0 Å². The van der Waals surface area contributed by atoms with Crippen molar-refractivity contribution in [2.75, 3.05) is 13.2 Å². The van der Waals surface area contributed by atoms with Crippen LogP contribution in [-0.2, 0) is 23.0 Å². The van der Waals surface area contributed by atoms with Crippen molar-refractivity contribution in [2.24, 2.45) is 0 Å². The molecule has 0 saturated carbocycles. The van der Waals surface area contributed by atoms with E-state index >= 15 is 0 Å². The molecule has 5 atom stereocenters. The van der Waals surface area contributed by atoms with E-state index in [0.717, 1.165) is 0 Å². The van der Waals surface area contributed by atoms with Crippen LogP contribution in [0.5, 0.6) is 0 Å². The Kier molecular flexibility index (Phi) is 8.45. The van der Waals surface area contributed by atoms with Crippen molar-refractivity contribution in [2.45, 2.75) is 18.3 Å². The van der Waals surface area contributed by atoms with E-state index in [2.05, 4.69) is 9.05 Å².